The molecule has 2 saturated heterocycles. The minimum absolute atomic E-state index is 0.193. The third-order valence-electron chi connectivity index (χ3n) is 10.7. The van der Waals surface area contributed by atoms with Gasteiger partial charge in [0, 0.05) is 26.7 Å². The molecule has 2 aliphatic rings. The highest BCUT2D eigenvalue weighted by Crippen LogP contribution is 2.32. The van der Waals surface area contributed by atoms with E-state index in [2.05, 4.69) is 10.6 Å². The van der Waals surface area contributed by atoms with E-state index in [1.807, 2.05) is 114 Å². The number of nitrogens with one attached hydrogen (secondary N) is 2. The van der Waals surface area contributed by atoms with Gasteiger partial charge >= 0.3 is 0 Å². The molecule has 0 spiro atoms. The molecule has 2 fully saturated rings. The van der Waals surface area contributed by atoms with E-state index in [1.165, 1.54) is 4.90 Å². The summed E-state index contributed by atoms with van der Waals surface area (Å²) >= 11 is 0. The molecule has 2 N–H and O–H groups in total. The molecule has 5 atom stereocenters. The molecule has 1 unspecified atom stereocenters. The summed E-state index contributed by atoms with van der Waals surface area (Å²) in [4.78, 5) is 76.9. The van der Waals surface area contributed by atoms with Crippen molar-refractivity contribution < 1.29 is 24.0 Å². The van der Waals surface area contributed by atoms with Gasteiger partial charge in [0.05, 0.1) is 0 Å². The second kappa shape index (κ2) is 17.3. The van der Waals surface area contributed by atoms with Crippen LogP contribution in [0.5, 0.6) is 0 Å². The Balaban J connectivity index is 1.51. The fraction of sp³-hybridized carbons (Fsp3) is 0.575. The molecule has 11 heteroatoms. The lowest BCUT2D eigenvalue weighted by molar-refractivity contribution is -0.153. The third-order valence-corrected chi connectivity index (χ3v) is 10.7. The van der Waals surface area contributed by atoms with Crippen molar-refractivity contribution >= 4 is 29.5 Å². The molecule has 5 amide bonds. The van der Waals surface area contributed by atoms with Crippen molar-refractivity contribution in [3.63, 3.8) is 0 Å². The average molecular weight is 703 g/mol. The average Bonchev–Trinajstić information content (AvgIpc) is 3.81. The Morgan fingerprint density at radius 3 is 1.92 bits per heavy atom. The highest BCUT2D eigenvalue weighted by molar-refractivity contribution is 5.97. The van der Waals surface area contributed by atoms with Crippen LogP contribution in [0.1, 0.15) is 77.8 Å². The Kier molecular flexibility index (Phi) is 13.4. The summed E-state index contributed by atoms with van der Waals surface area (Å²) in [6.45, 7) is 10.7. The summed E-state index contributed by atoms with van der Waals surface area (Å²) in [5, 5.41) is 6.06. The fourth-order valence-corrected chi connectivity index (χ4v) is 7.87. The largest absolute Gasteiger partial charge is 0.350 e. The van der Waals surface area contributed by atoms with Gasteiger partial charge in [-0.15, -0.1) is 0 Å². The Labute approximate surface area is 304 Å². The molecule has 0 bridgehead atoms. The number of amides is 5. The summed E-state index contributed by atoms with van der Waals surface area (Å²) in [6.07, 6.45) is 2.90. The third kappa shape index (κ3) is 8.46. The Morgan fingerprint density at radius 1 is 0.804 bits per heavy atom. The van der Waals surface area contributed by atoms with Crippen LogP contribution in [0.15, 0.2) is 60.7 Å². The summed E-state index contributed by atoms with van der Waals surface area (Å²) < 4.78 is 0. The number of nitrogens with zero attached hydrogens (tertiary/aromatic N) is 4. The van der Waals surface area contributed by atoms with Crippen molar-refractivity contribution in [3.05, 3.63) is 71.8 Å². The predicted molar refractivity (Wildman–Crippen MR) is 198 cm³/mol. The maximum Gasteiger partial charge on any atom is 0.246 e. The van der Waals surface area contributed by atoms with Crippen LogP contribution in [0.4, 0.5) is 0 Å². The smallest absolute Gasteiger partial charge is 0.246 e. The molecule has 2 aliphatic heterocycles. The lowest BCUT2D eigenvalue weighted by atomic mass is 9.84. The molecule has 11 nitrogen and oxygen atoms in total. The van der Waals surface area contributed by atoms with Crippen LogP contribution in [0.25, 0.3) is 0 Å². The second-order valence-electron chi connectivity index (χ2n) is 14.9. The maximum absolute atomic E-state index is 14.4. The number of hydrogen-bond donors (Lipinski definition) is 2. The SMILES string of the molecule is CCC(C(=O)N[C@H](C(=O)N(C)[C@H](C(=O)N1CCC[C@H]1C(=O)N1CCC[C@H]1C(=O)NCc1ccccc1)C(C)C)C(C)C)(c1ccccc1)N(C)C. The van der Waals surface area contributed by atoms with Crippen LogP contribution in [0.2, 0.25) is 0 Å². The first-order valence-corrected chi connectivity index (χ1v) is 18.5. The summed E-state index contributed by atoms with van der Waals surface area (Å²) in [5.74, 6) is -1.89. The zero-order valence-corrected chi connectivity index (χ0v) is 31.7. The number of likely N-dealkylation sites (N-methyl/N-ethyl adjacent to an activating group) is 2. The minimum Gasteiger partial charge on any atom is -0.350 e. The first-order valence-electron chi connectivity index (χ1n) is 18.5. The summed E-state index contributed by atoms with van der Waals surface area (Å²) in [6, 6.07) is 16.1. The monoisotopic (exact) mass is 702 g/mol. The van der Waals surface area contributed by atoms with E-state index in [4.69, 9.17) is 0 Å². The van der Waals surface area contributed by atoms with E-state index >= 15 is 0 Å². The van der Waals surface area contributed by atoms with Gasteiger partial charge in [0.15, 0.2) is 0 Å². The first kappa shape index (κ1) is 39.5. The molecule has 2 aromatic carbocycles. The van der Waals surface area contributed by atoms with Crippen molar-refractivity contribution in [1.82, 2.24) is 30.2 Å². The standard InChI is InChI=1S/C40H58N6O5/c1-9-40(43(6)7,30-20-14-11-15-21-30)39(51)42-33(27(2)3)37(49)44(8)34(28(4)5)38(50)46-25-17-23-32(46)36(48)45-24-16-22-31(45)35(47)41-26-29-18-12-10-13-19-29/h10-15,18-21,27-28,31-34H,9,16-17,22-26H2,1-8H3,(H,41,47)(H,42,51)/t31-,32-,33-,34-,40?/m0/s1. The van der Waals surface area contributed by atoms with Gasteiger partial charge in [0.1, 0.15) is 29.7 Å². The molecule has 0 saturated carbocycles. The first-order chi connectivity index (χ1) is 24.3. The van der Waals surface area contributed by atoms with E-state index in [-0.39, 0.29) is 41.4 Å². The van der Waals surface area contributed by atoms with Gasteiger partial charge in [-0.3, -0.25) is 28.9 Å². The van der Waals surface area contributed by atoms with Crippen LogP contribution < -0.4 is 10.6 Å². The number of benzene rings is 2. The Hall–Kier alpha value is -4.25. The molecule has 4 rings (SSSR count). The molecular formula is C40H58N6O5. The van der Waals surface area contributed by atoms with Crippen molar-refractivity contribution in [1.29, 1.82) is 0 Å². The highest BCUT2D eigenvalue weighted by Gasteiger charge is 2.47. The number of carbonyl (C=O) groups excluding carboxylic acids is 5. The van der Waals surface area contributed by atoms with E-state index in [1.54, 1.807) is 16.8 Å². The minimum atomic E-state index is -1.00. The van der Waals surface area contributed by atoms with Gasteiger partial charge in [0.25, 0.3) is 0 Å². The van der Waals surface area contributed by atoms with Crippen molar-refractivity contribution in [3.8, 4) is 0 Å². The lowest BCUT2D eigenvalue weighted by Gasteiger charge is -2.41. The zero-order chi connectivity index (χ0) is 37.5. The molecule has 0 aliphatic carbocycles. The van der Waals surface area contributed by atoms with Gasteiger partial charge in [-0.05, 0) is 69.2 Å². The van der Waals surface area contributed by atoms with Crippen molar-refractivity contribution in [2.45, 2.75) is 103 Å². The van der Waals surface area contributed by atoms with Crippen LogP contribution in [0.3, 0.4) is 0 Å². The van der Waals surface area contributed by atoms with Crippen molar-refractivity contribution in [2.24, 2.45) is 11.8 Å². The van der Waals surface area contributed by atoms with Crippen LogP contribution >= 0.6 is 0 Å². The summed E-state index contributed by atoms with van der Waals surface area (Å²) in [5.41, 5.74) is 0.799. The number of carbonyl (C=O) groups is 5. The zero-order valence-electron chi connectivity index (χ0n) is 31.7. The molecule has 2 heterocycles. The Morgan fingerprint density at radius 2 is 1.37 bits per heavy atom. The van der Waals surface area contributed by atoms with E-state index in [0.717, 1.165) is 11.1 Å². The second-order valence-corrected chi connectivity index (χ2v) is 14.9. The number of hydrogen-bond acceptors (Lipinski definition) is 6. The van der Waals surface area contributed by atoms with Crippen LogP contribution in [-0.4, -0.2) is 108 Å². The van der Waals surface area contributed by atoms with Gasteiger partial charge < -0.3 is 25.3 Å². The predicted octanol–water partition coefficient (Wildman–Crippen LogP) is 3.78. The van der Waals surface area contributed by atoms with E-state index < -0.39 is 29.7 Å². The van der Waals surface area contributed by atoms with Crippen molar-refractivity contribution in [2.75, 3.05) is 34.2 Å². The maximum atomic E-state index is 14.4. The normalized spacial score (nSPS) is 19.9. The summed E-state index contributed by atoms with van der Waals surface area (Å²) in [7, 11) is 5.33. The van der Waals surface area contributed by atoms with E-state index in [9.17, 15) is 24.0 Å². The van der Waals surface area contributed by atoms with Gasteiger partial charge in [0.2, 0.25) is 29.5 Å². The van der Waals surface area contributed by atoms with Gasteiger partial charge in [-0.1, -0.05) is 95.3 Å². The Bertz CT molecular complexity index is 1520. The molecule has 0 radical (unpaired) electrons. The molecule has 278 valence electrons. The molecular weight excluding hydrogens is 644 g/mol. The van der Waals surface area contributed by atoms with Gasteiger partial charge in [-0.25, -0.2) is 0 Å². The number of rotatable bonds is 14. The number of likely N-dealkylation sites (tertiary alicyclic amines) is 2. The molecule has 2 aromatic rings. The van der Waals surface area contributed by atoms with Gasteiger partial charge in [-0.2, -0.15) is 0 Å². The molecule has 51 heavy (non-hydrogen) atoms. The quantitative estimate of drug-likeness (QED) is 0.309. The molecule has 0 aromatic heterocycles. The highest BCUT2D eigenvalue weighted by atomic mass is 16.2. The van der Waals surface area contributed by atoms with Crippen LogP contribution in [0, 0.1) is 11.8 Å². The van der Waals surface area contributed by atoms with E-state index in [0.29, 0.717) is 51.7 Å². The lowest BCUT2D eigenvalue weighted by Crippen LogP contribution is -2.62. The topological polar surface area (TPSA) is 122 Å². The van der Waals surface area contributed by atoms with Crippen LogP contribution in [-0.2, 0) is 36.1 Å². The fourth-order valence-electron chi connectivity index (χ4n) is 7.87.